The molecule has 1 heterocycles. The number of carbonyl (C=O) groups excluding carboxylic acids is 1. The molecule has 2 rings (SSSR count). The number of carbonyl (C=O) groups is 1. The summed E-state index contributed by atoms with van der Waals surface area (Å²) in [6.45, 7) is 4.00. The van der Waals surface area contributed by atoms with E-state index >= 15 is 0 Å². The van der Waals surface area contributed by atoms with Crippen molar-refractivity contribution in [2.75, 3.05) is 46.4 Å². The van der Waals surface area contributed by atoms with Crippen molar-refractivity contribution in [3.8, 4) is 0 Å². The molecule has 5 heteroatoms. The fraction of sp³-hybridized carbons (Fsp3) is 0.562. The van der Waals surface area contributed by atoms with Crippen molar-refractivity contribution in [1.82, 2.24) is 9.80 Å². The molecule has 0 aliphatic carbocycles. The number of amides is 1. The number of nitrogens with zero attached hydrogens (tertiary/aromatic N) is 2. The summed E-state index contributed by atoms with van der Waals surface area (Å²) in [5.41, 5.74) is 0.890. The Kier molecular flexibility index (Phi) is 6.17. The van der Waals surface area contributed by atoms with E-state index in [2.05, 4.69) is 4.90 Å². The number of benzene rings is 1. The molecule has 1 atom stereocenters. The molecule has 5 nitrogen and oxygen atoms in total. The normalized spacial score (nSPS) is 18.3. The molecule has 1 aliphatic heterocycles. The molecular weight excluding hydrogens is 268 g/mol. The van der Waals surface area contributed by atoms with Crippen molar-refractivity contribution < 1.29 is 14.6 Å². The van der Waals surface area contributed by atoms with Crippen LogP contribution in [-0.4, -0.2) is 67.3 Å². The van der Waals surface area contributed by atoms with E-state index in [0.717, 1.165) is 31.6 Å². The Morgan fingerprint density at radius 2 is 2.00 bits per heavy atom. The molecular formula is C16H24N2O3. The number of hydrogen-bond acceptors (Lipinski definition) is 4. The van der Waals surface area contributed by atoms with Crippen molar-refractivity contribution in [2.45, 2.75) is 12.5 Å². The molecule has 0 aromatic heterocycles. The highest BCUT2D eigenvalue weighted by Crippen LogP contribution is 2.20. The zero-order chi connectivity index (χ0) is 15.1. The average molecular weight is 292 g/mol. The standard InChI is InChI=1S/C16H24N2O3/c1-21-15(14-6-3-2-4-7-14)16(20)18-9-5-8-17(10-11-18)12-13-19/h2-4,6-7,15,19H,5,8-13H2,1H3. The lowest BCUT2D eigenvalue weighted by molar-refractivity contribution is -0.142. The van der Waals surface area contributed by atoms with Gasteiger partial charge in [-0.1, -0.05) is 30.3 Å². The molecule has 1 aromatic rings. The van der Waals surface area contributed by atoms with Crippen molar-refractivity contribution in [3.05, 3.63) is 35.9 Å². The van der Waals surface area contributed by atoms with Crippen LogP contribution in [0.5, 0.6) is 0 Å². The van der Waals surface area contributed by atoms with Crippen LogP contribution < -0.4 is 0 Å². The van der Waals surface area contributed by atoms with Crippen LogP contribution in [0.1, 0.15) is 18.1 Å². The van der Waals surface area contributed by atoms with Crippen molar-refractivity contribution in [3.63, 3.8) is 0 Å². The zero-order valence-corrected chi connectivity index (χ0v) is 12.6. The summed E-state index contributed by atoms with van der Waals surface area (Å²) in [4.78, 5) is 16.7. The van der Waals surface area contributed by atoms with Gasteiger partial charge in [0.1, 0.15) is 0 Å². The second-order valence-corrected chi connectivity index (χ2v) is 5.27. The van der Waals surface area contributed by atoms with Crippen LogP contribution in [0, 0.1) is 0 Å². The lowest BCUT2D eigenvalue weighted by atomic mass is 10.1. The fourth-order valence-corrected chi connectivity index (χ4v) is 2.73. The smallest absolute Gasteiger partial charge is 0.256 e. The topological polar surface area (TPSA) is 53.0 Å². The number of aliphatic hydroxyl groups is 1. The highest BCUT2D eigenvalue weighted by molar-refractivity contribution is 5.82. The highest BCUT2D eigenvalue weighted by atomic mass is 16.5. The third-order valence-corrected chi connectivity index (χ3v) is 3.88. The maximum absolute atomic E-state index is 12.7. The monoisotopic (exact) mass is 292 g/mol. The van der Waals surface area contributed by atoms with Crippen LogP contribution in [0.2, 0.25) is 0 Å². The highest BCUT2D eigenvalue weighted by Gasteiger charge is 2.27. The molecule has 1 amide bonds. The van der Waals surface area contributed by atoms with Crippen LogP contribution >= 0.6 is 0 Å². The summed E-state index contributed by atoms with van der Waals surface area (Å²) in [7, 11) is 1.57. The lowest BCUT2D eigenvalue weighted by Crippen LogP contribution is -2.39. The SMILES string of the molecule is COC(C(=O)N1CCCN(CCO)CC1)c1ccccc1. The van der Waals surface area contributed by atoms with E-state index in [0.29, 0.717) is 13.1 Å². The second kappa shape index (κ2) is 8.12. The first-order valence-corrected chi connectivity index (χ1v) is 7.46. The third-order valence-electron chi connectivity index (χ3n) is 3.88. The van der Waals surface area contributed by atoms with Gasteiger partial charge < -0.3 is 14.7 Å². The number of ether oxygens (including phenoxy) is 1. The predicted molar refractivity (Wildman–Crippen MR) is 80.9 cm³/mol. The van der Waals surface area contributed by atoms with Gasteiger partial charge in [0.15, 0.2) is 6.10 Å². The van der Waals surface area contributed by atoms with Gasteiger partial charge in [0.2, 0.25) is 0 Å². The zero-order valence-electron chi connectivity index (χ0n) is 12.6. The molecule has 1 saturated heterocycles. The quantitative estimate of drug-likeness (QED) is 0.876. The molecule has 1 aromatic carbocycles. The van der Waals surface area contributed by atoms with E-state index in [1.54, 1.807) is 7.11 Å². The van der Waals surface area contributed by atoms with Gasteiger partial charge in [0.25, 0.3) is 5.91 Å². The summed E-state index contributed by atoms with van der Waals surface area (Å²) in [5, 5.41) is 9.02. The molecule has 1 unspecified atom stereocenters. The predicted octanol–water partition coefficient (Wildman–Crippen LogP) is 0.901. The van der Waals surface area contributed by atoms with E-state index < -0.39 is 6.10 Å². The van der Waals surface area contributed by atoms with Gasteiger partial charge in [-0.25, -0.2) is 0 Å². The second-order valence-electron chi connectivity index (χ2n) is 5.27. The number of β-amino-alcohol motifs (C(OH)–C–C–N with tert-alkyl or cyclic N) is 1. The Morgan fingerprint density at radius 3 is 2.67 bits per heavy atom. The average Bonchev–Trinajstić information content (AvgIpc) is 2.75. The van der Waals surface area contributed by atoms with Crippen molar-refractivity contribution in [1.29, 1.82) is 0 Å². The molecule has 1 N–H and O–H groups in total. The van der Waals surface area contributed by atoms with Gasteiger partial charge >= 0.3 is 0 Å². The first kappa shape index (κ1) is 15.9. The van der Waals surface area contributed by atoms with Crippen LogP contribution in [-0.2, 0) is 9.53 Å². The molecule has 0 radical (unpaired) electrons. The van der Waals surface area contributed by atoms with Gasteiger partial charge in [-0.15, -0.1) is 0 Å². The lowest BCUT2D eigenvalue weighted by Gasteiger charge is -2.26. The Balaban J connectivity index is 2.01. The van der Waals surface area contributed by atoms with Crippen LogP contribution in [0.4, 0.5) is 0 Å². The first-order valence-electron chi connectivity index (χ1n) is 7.46. The third kappa shape index (κ3) is 4.27. The van der Waals surface area contributed by atoms with Crippen LogP contribution in [0.3, 0.4) is 0 Å². The van der Waals surface area contributed by atoms with Gasteiger partial charge in [0.05, 0.1) is 6.61 Å². The van der Waals surface area contributed by atoms with Crippen LogP contribution in [0.25, 0.3) is 0 Å². The molecule has 116 valence electrons. The number of methoxy groups -OCH3 is 1. The van der Waals surface area contributed by atoms with E-state index in [4.69, 9.17) is 9.84 Å². The number of aliphatic hydroxyl groups excluding tert-OH is 1. The number of rotatable bonds is 5. The minimum absolute atomic E-state index is 0.0227. The maximum atomic E-state index is 12.7. The van der Waals surface area contributed by atoms with Crippen molar-refractivity contribution in [2.24, 2.45) is 0 Å². The van der Waals surface area contributed by atoms with Gasteiger partial charge in [-0.05, 0) is 18.5 Å². The molecule has 21 heavy (non-hydrogen) atoms. The van der Waals surface area contributed by atoms with Crippen LogP contribution in [0.15, 0.2) is 30.3 Å². The molecule has 0 saturated carbocycles. The fourth-order valence-electron chi connectivity index (χ4n) is 2.73. The minimum atomic E-state index is -0.532. The number of hydrogen-bond donors (Lipinski definition) is 1. The summed E-state index contributed by atoms with van der Waals surface area (Å²) in [5.74, 6) is 0.0227. The Bertz CT molecular complexity index is 438. The van der Waals surface area contributed by atoms with E-state index in [1.165, 1.54) is 0 Å². The Hall–Kier alpha value is -1.43. The van der Waals surface area contributed by atoms with E-state index in [9.17, 15) is 4.79 Å². The van der Waals surface area contributed by atoms with E-state index in [1.807, 2.05) is 35.2 Å². The molecule has 1 aliphatic rings. The summed E-state index contributed by atoms with van der Waals surface area (Å²) < 4.78 is 5.42. The Morgan fingerprint density at radius 1 is 1.24 bits per heavy atom. The van der Waals surface area contributed by atoms with Gasteiger partial charge in [-0.2, -0.15) is 0 Å². The molecule has 1 fully saturated rings. The first-order chi connectivity index (χ1) is 10.3. The van der Waals surface area contributed by atoms with Gasteiger partial charge in [-0.3, -0.25) is 9.69 Å². The van der Waals surface area contributed by atoms with Crippen molar-refractivity contribution >= 4 is 5.91 Å². The Labute approximate surface area is 126 Å². The molecule has 0 spiro atoms. The summed E-state index contributed by atoms with van der Waals surface area (Å²) in [6.07, 6.45) is 0.396. The van der Waals surface area contributed by atoms with Gasteiger partial charge in [0, 0.05) is 33.3 Å². The molecule has 0 bridgehead atoms. The van der Waals surface area contributed by atoms with E-state index in [-0.39, 0.29) is 12.5 Å². The maximum Gasteiger partial charge on any atom is 0.256 e. The summed E-state index contributed by atoms with van der Waals surface area (Å²) in [6, 6.07) is 9.60. The summed E-state index contributed by atoms with van der Waals surface area (Å²) >= 11 is 0. The largest absolute Gasteiger partial charge is 0.395 e. The minimum Gasteiger partial charge on any atom is -0.395 e.